The van der Waals surface area contributed by atoms with Crippen LogP contribution in [-0.2, 0) is 4.79 Å². The highest BCUT2D eigenvalue weighted by Crippen LogP contribution is 2.38. The average Bonchev–Trinajstić information content (AvgIpc) is 2.94. The zero-order chi connectivity index (χ0) is 22.1. The second-order valence-corrected chi connectivity index (χ2v) is 8.02. The third-order valence-corrected chi connectivity index (χ3v) is 5.91. The van der Waals surface area contributed by atoms with Crippen molar-refractivity contribution in [1.82, 2.24) is 9.88 Å². The molecule has 7 nitrogen and oxygen atoms in total. The Morgan fingerprint density at radius 3 is 2.56 bits per heavy atom. The third-order valence-electron chi connectivity index (χ3n) is 5.91. The summed E-state index contributed by atoms with van der Waals surface area (Å²) in [6.45, 7) is 4.66. The predicted molar refractivity (Wildman–Crippen MR) is 122 cm³/mol. The highest BCUT2D eigenvalue weighted by molar-refractivity contribution is 6.11. The Hall–Kier alpha value is -3.87. The van der Waals surface area contributed by atoms with Crippen LogP contribution in [0.15, 0.2) is 66.9 Å². The molecule has 7 heteroatoms. The molecule has 0 aliphatic carbocycles. The van der Waals surface area contributed by atoms with Crippen LogP contribution in [0.4, 0.5) is 11.4 Å². The Labute approximate surface area is 186 Å². The quantitative estimate of drug-likeness (QED) is 0.639. The van der Waals surface area contributed by atoms with E-state index in [0.717, 1.165) is 24.3 Å². The van der Waals surface area contributed by atoms with Gasteiger partial charge in [0.1, 0.15) is 12.1 Å². The molecule has 5 rings (SSSR count). The number of anilines is 2. The van der Waals surface area contributed by atoms with Gasteiger partial charge in [0.25, 0.3) is 5.91 Å². The molecular weight excluding hydrogens is 404 g/mol. The Morgan fingerprint density at radius 2 is 1.78 bits per heavy atom. The number of carbonyl (C=O) groups excluding carboxylic acids is 2. The van der Waals surface area contributed by atoms with E-state index in [0.29, 0.717) is 30.1 Å². The smallest absolute Gasteiger partial charge is 0.264 e. The minimum atomic E-state index is -0.284. The molecule has 0 saturated carbocycles. The number of rotatable bonds is 3. The number of piperazine rings is 1. The number of aryl methyl sites for hydroxylation is 1. The molecule has 3 aromatic rings. The fraction of sp³-hybridized carbons (Fsp3) is 0.240. The van der Waals surface area contributed by atoms with Gasteiger partial charge in [-0.25, -0.2) is 4.98 Å². The van der Waals surface area contributed by atoms with Crippen LogP contribution in [0.3, 0.4) is 0 Å². The molecule has 0 N–H and O–H groups in total. The summed E-state index contributed by atoms with van der Waals surface area (Å²) in [7, 11) is 0. The van der Waals surface area contributed by atoms with Gasteiger partial charge in [-0.1, -0.05) is 24.3 Å². The van der Waals surface area contributed by atoms with Gasteiger partial charge in [-0.3, -0.25) is 14.5 Å². The molecule has 2 aliphatic rings. The number of carbonyl (C=O) groups is 2. The van der Waals surface area contributed by atoms with Crippen molar-refractivity contribution < 1.29 is 14.3 Å². The van der Waals surface area contributed by atoms with E-state index in [2.05, 4.69) is 22.0 Å². The number of nitrogens with zero attached hydrogens (tertiary/aromatic N) is 4. The van der Waals surface area contributed by atoms with Gasteiger partial charge >= 0.3 is 0 Å². The summed E-state index contributed by atoms with van der Waals surface area (Å²) in [6, 6.07) is 19.2. The Morgan fingerprint density at radius 1 is 1.00 bits per heavy atom. The zero-order valence-corrected chi connectivity index (χ0v) is 17.9. The number of fused-ring (bicyclic) bond motifs is 2. The van der Waals surface area contributed by atoms with E-state index in [1.807, 2.05) is 48.2 Å². The average molecular weight is 428 g/mol. The number of hydrogen-bond acceptors (Lipinski definition) is 5. The molecule has 1 fully saturated rings. The molecule has 1 saturated heterocycles. The molecule has 0 radical (unpaired) electrons. The first kappa shape index (κ1) is 20.1. The van der Waals surface area contributed by atoms with E-state index in [4.69, 9.17) is 4.74 Å². The molecule has 32 heavy (non-hydrogen) atoms. The number of ether oxygens (including phenoxy) is 1. The van der Waals surface area contributed by atoms with Gasteiger partial charge in [0.15, 0.2) is 5.75 Å². The third kappa shape index (κ3) is 3.77. The van der Waals surface area contributed by atoms with Gasteiger partial charge in [0.05, 0.1) is 5.69 Å². The number of aromatic nitrogens is 1. The highest BCUT2D eigenvalue weighted by atomic mass is 16.5. The summed E-state index contributed by atoms with van der Waals surface area (Å²) in [5, 5.41) is 0. The van der Waals surface area contributed by atoms with E-state index < -0.39 is 0 Å². The van der Waals surface area contributed by atoms with Crippen molar-refractivity contribution in [3.05, 3.63) is 78.0 Å². The van der Waals surface area contributed by atoms with E-state index in [1.165, 1.54) is 4.90 Å². The Balaban J connectivity index is 1.37. The standard InChI is InChI=1S/C25H24N4O3/c1-18-9-10-22-21(16-18)29(25(31)20-8-5-11-26-24(20)32-22)17-23(30)28-14-12-27(13-15-28)19-6-3-2-4-7-19/h2-11,16H,12-15,17H2,1H3. The molecule has 0 bridgehead atoms. The van der Waals surface area contributed by atoms with Crippen molar-refractivity contribution in [1.29, 1.82) is 0 Å². The van der Waals surface area contributed by atoms with Gasteiger partial charge in [0.2, 0.25) is 11.8 Å². The lowest BCUT2D eigenvalue weighted by Crippen LogP contribution is -2.52. The van der Waals surface area contributed by atoms with Crippen molar-refractivity contribution in [3.8, 4) is 11.6 Å². The molecule has 3 heterocycles. The minimum absolute atomic E-state index is 0.0433. The normalized spacial score (nSPS) is 15.5. The number of para-hydroxylation sites is 1. The molecule has 2 aliphatic heterocycles. The van der Waals surface area contributed by atoms with Gasteiger partial charge in [-0.2, -0.15) is 0 Å². The van der Waals surface area contributed by atoms with E-state index in [-0.39, 0.29) is 24.2 Å². The number of pyridine rings is 1. The van der Waals surface area contributed by atoms with Crippen LogP contribution in [0.2, 0.25) is 0 Å². The van der Waals surface area contributed by atoms with Crippen molar-refractivity contribution in [2.75, 3.05) is 42.5 Å². The maximum Gasteiger partial charge on any atom is 0.264 e. The summed E-state index contributed by atoms with van der Waals surface area (Å²) in [5.74, 6) is 0.414. The SMILES string of the molecule is Cc1ccc2c(c1)N(CC(=O)N1CCN(c3ccccc3)CC1)C(=O)c1cccnc1O2. The van der Waals surface area contributed by atoms with Crippen LogP contribution in [-0.4, -0.2) is 54.4 Å². The fourth-order valence-corrected chi connectivity index (χ4v) is 4.16. The summed E-state index contributed by atoms with van der Waals surface area (Å²) >= 11 is 0. The van der Waals surface area contributed by atoms with Crippen molar-refractivity contribution in [2.45, 2.75) is 6.92 Å². The van der Waals surface area contributed by atoms with E-state index >= 15 is 0 Å². The predicted octanol–water partition coefficient (Wildman–Crippen LogP) is 3.49. The molecule has 0 unspecified atom stereocenters. The van der Waals surface area contributed by atoms with Crippen LogP contribution < -0.4 is 14.5 Å². The first-order valence-electron chi connectivity index (χ1n) is 10.7. The monoisotopic (exact) mass is 428 g/mol. The van der Waals surface area contributed by atoms with Crippen LogP contribution in [0.1, 0.15) is 15.9 Å². The van der Waals surface area contributed by atoms with E-state index in [1.54, 1.807) is 18.3 Å². The maximum absolute atomic E-state index is 13.4. The topological polar surface area (TPSA) is 66.0 Å². The lowest BCUT2D eigenvalue weighted by atomic mass is 10.1. The van der Waals surface area contributed by atoms with Crippen LogP contribution >= 0.6 is 0 Å². The molecule has 2 aromatic carbocycles. The molecule has 1 aromatic heterocycles. The van der Waals surface area contributed by atoms with Gasteiger partial charge in [-0.05, 0) is 48.9 Å². The second-order valence-electron chi connectivity index (χ2n) is 8.02. The maximum atomic E-state index is 13.4. The Bertz CT molecular complexity index is 1160. The molecule has 162 valence electrons. The largest absolute Gasteiger partial charge is 0.436 e. The number of benzene rings is 2. The molecule has 0 atom stereocenters. The van der Waals surface area contributed by atoms with Crippen LogP contribution in [0.25, 0.3) is 0 Å². The lowest BCUT2D eigenvalue weighted by Gasteiger charge is -2.37. The summed E-state index contributed by atoms with van der Waals surface area (Å²) in [6.07, 6.45) is 1.59. The molecular formula is C25H24N4O3. The van der Waals surface area contributed by atoms with E-state index in [9.17, 15) is 9.59 Å². The van der Waals surface area contributed by atoms with Crippen LogP contribution in [0.5, 0.6) is 11.6 Å². The zero-order valence-electron chi connectivity index (χ0n) is 17.9. The Kier molecular flexibility index (Phi) is 5.23. The molecule has 2 amide bonds. The van der Waals surface area contributed by atoms with Crippen LogP contribution in [0, 0.1) is 6.92 Å². The molecule has 0 spiro atoms. The van der Waals surface area contributed by atoms with Gasteiger partial charge < -0.3 is 14.5 Å². The highest BCUT2D eigenvalue weighted by Gasteiger charge is 2.32. The summed E-state index contributed by atoms with van der Waals surface area (Å²) in [5.41, 5.74) is 3.08. The fourth-order valence-electron chi connectivity index (χ4n) is 4.16. The van der Waals surface area contributed by atoms with Crippen molar-refractivity contribution in [2.24, 2.45) is 0 Å². The minimum Gasteiger partial charge on any atom is -0.436 e. The number of amides is 2. The summed E-state index contributed by atoms with van der Waals surface area (Å²) in [4.78, 5) is 36.5. The van der Waals surface area contributed by atoms with Gasteiger partial charge in [-0.15, -0.1) is 0 Å². The lowest BCUT2D eigenvalue weighted by molar-refractivity contribution is -0.129. The summed E-state index contributed by atoms with van der Waals surface area (Å²) < 4.78 is 5.94. The first-order valence-corrected chi connectivity index (χ1v) is 10.7. The van der Waals surface area contributed by atoms with Gasteiger partial charge in [0, 0.05) is 38.1 Å². The van der Waals surface area contributed by atoms with Crippen molar-refractivity contribution in [3.63, 3.8) is 0 Å². The second kappa shape index (κ2) is 8.34. The number of hydrogen-bond donors (Lipinski definition) is 0. The first-order chi connectivity index (χ1) is 15.6. The van der Waals surface area contributed by atoms with Crippen molar-refractivity contribution >= 4 is 23.2 Å².